The molecule has 0 aliphatic rings. The van der Waals surface area contributed by atoms with Gasteiger partial charge in [0.15, 0.2) is 0 Å². The van der Waals surface area contributed by atoms with Crippen LogP contribution in [0.2, 0.25) is 0 Å². The van der Waals surface area contributed by atoms with Crippen LogP contribution in [0.25, 0.3) is 0 Å². The maximum absolute atomic E-state index is 5.92. The molecule has 1 radical (unpaired) electrons. The summed E-state index contributed by atoms with van der Waals surface area (Å²) in [6.07, 6.45) is 4.39. The molecule has 2 rings (SSSR count). The van der Waals surface area contributed by atoms with E-state index in [2.05, 4.69) is 19.1 Å². The second kappa shape index (κ2) is 6.85. The van der Waals surface area contributed by atoms with Crippen LogP contribution in [-0.4, -0.2) is 0 Å². The Labute approximate surface area is 109 Å². The number of ether oxygens (including phenoxy) is 1. The predicted octanol–water partition coefficient (Wildman–Crippen LogP) is 5.03. The minimum atomic E-state index is 0.891. The van der Waals surface area contributed by atoms with E-state index in [-0.39, 0.29) is 0 Å². The van der Waals surface area contributed by atoms with Crippen molar-refractivity contribution in [1.82, 2.24) is 0 Å². The summed E-state index contributed by atoms with van der Waals surface area (Å²) in [6, 6.07) is 18.2. The Morgan fingerprint density at radius 2 is 1.56 bits per heavy atom. The van der Waals surface area contributed by atoms with Crippen LogP contribution in [0.3, 0.4) is 0 Å². The van der Waals surface area contributed by atoms with Crippen molar-refractivity contribution >= 4 is 0 Å². The number of aryl methyl sites for hydroxylation is 1. The quantitative estimate of drug-likeness (QED) is 0.643. The Morgan fingerprint density at radius 1 is 0.833 bits per heavy atom. The fraction of sp³-hybridized carbons (Fsp3) is 0.235. The van der Waals surface area contributed by atoms with E-state index < -0.39 is 0 Å². The zero-order chi connectivity index (χ0) is 12.6. The van der Waals surface area contributed by atoms with Crippen LogP contribution in [0.15, 0.2) is 54.6 Å². The smallest absolute Gasteiger partial charge is 0.130 e. The SMILES string of the molecule is [CH2]CCCCc1ccccc1Oc1ccccc1. The molecular formula is C17H19O. The fourth-order valence-corrected chi connectivity index (χ4v) is 1.92. The van der Waals surface area contributed by atoms with Gasteiger partial charge in [-0.1, -0.05) is 56.2 Å². The molecule has 0 aromatic heterocycles. The molecule has 0 saturated carbocycles. The topological polar surface area (TPSA) is 9.23 Å². The van der Waals surface area contributed by atoms with Crippen LogP contribution in [-0.2, 0) is 6.42 Å². The van der Waals surface area contributed by atoms with Gasteiger partial charge in [-0.2, -0.15) is 0 Å². The lowest BCUT2D eigenvalue weighted by atomic mass is 10.1. The second-order valence-electron chi connectivity index (χ2n) is 4.33. The molecule has 0 spiro atoms. The van der Waals surface area contributed by atoms with E-state index in [9.17, 15) is 0 Å². The monoisotopic (exact) mass is 239 g/mol. The van der Waals surface area contributed by atoms with Crippen molar-refractivity contribution in [2.45, 2.75) is 25.7 Å². The molecule has 0 atom stereocenters. The third-order valence-electron chi connectivity index (χ3n) is 2.89. The molecular weight excluding hydrogens is 220 g/mol. The van der Waals surface area contributed by atoms with Gasteiger partial charge in [0.1, 0.15) is 11.5 Å². The van der Waals surface area contributed by atoms with Crippen LogP contribution in [0, 0.1) is 6.92 Å². The van der Waals surface area contributed by atoms with E-state index >= 15 is 0 Å². The van der Waals surface area contributed by atoms with Crippen molar-refractivity contribution in [3.8, 4) is 11.5 Å². The van der Waals surface area contributed by atoms with Gasteiger partial charge in [0.05, 0.1) is 0 Å². The maximum Gasteiger partial charge on any atom is 0.130 e. The van der Waals surface area contributed by atoms with Crippen molar-refractivity contribution in [2.75, 3.05) is 0 Å². The number of benzene rings is 2. The van der Waals surface area contributed by atoms with Crippen LogP contribution < -0.4 is 4.74 Å². The summed E-state index contributed by atoms with van der Waals surface area (Å²) in [4.78, 5) is 0. The first kappa shape index (κ1) is 12.7. The zero-order valence-corrected chi connectivity index (χ0v) is 10.6. The largest absolute Gasteiger partial charge is 0.457 e. The zero-order valence-electron chi connectivity index (χ0n) is 10.6. The molecule has 2 aromatic carbocycles. The standard InChI is InChI=1S/C17H19O/c1-2-3-5-10-15-11-8-9-14-17(15)18-16-12-6-4-7-13-16/h4,6-9,11-14H,1-3,5,10H2. The predicted molar refractivity (Wildman–Crippen MR) is 75.9 cm³/mol. The van der Waals surface area contributed by atoms with Crippen molar-refractivity contribution in [2.24, 2.45) is 0 Å². The molecule has 0 heterocycles. The molecule has 0 unspecified atom stereocenters. The van der Waals surface area contributed by atoms with Gasteiger partial charge in [-0.3, -0.25) is 0 Å². The fourth-order valence-electron chi connectivity index (χ4n) is 1.92. The molecule has 0 saturated heterocycles. The Hall–Kier alpha value is -1.76. The van der Waals surface area contributed by atoms with E-state index in [1.54, 1.807) is 0 Å². The minimum Gasteiger partial charge on any atom is -0.457 e. The van der Waals surface area contributed by atoms with Gasteiger partial charge in [-0.25, -0.2) is 0 Å². The van der Waals surface area contributed by atoms with Crippen LogP contribution in [0.4, 0.5) is 0 Å². The summed E-state index contributed by atoms with van der Waals surface area (Å²) in [5, 5.41) is 0. The summed E-state index contributed by atoms with van der Waals surface area (Å²) in [6.45, 7) is 3.88. The molecule has 0 aliphatic heterocycles. The average Bonchev–Trinajstić information content (AvgIpc) is 2.42. The number of hydrogen-bond acceptors (Lipinski definition) is 1. The van der Waals surface area contributed by atoms with Gasteiger partial charge < -0.3 is 4.74 Å². The number of unbranched alkanes of at least 4 members (excludes halogenated alkanes) is 2. The molecule has 0 fully saturated rings. The van der Waals surface area contributed by atoms with E-state index in [1.807, 2.05) is 42.5 Å². The number of hydrogen-bond donors (Lipinski definition) is 0. The molecule has 1 nitrogen and oxygen atoms in total. The average molecular weight is 239 g/mol. The number of para-hydroxylation sites is 2. The van der Waals surface area contributed by atoms with Crippen LogP contribution >= 0.6 is 0 Å². The van der Waals surface area contributed by atoms with Crippen molar-refractivity contribution < 1.29 is 4.74 Å². The molecule has 0 N–H and O–H groups in total. The molecule has 0 aliphatic carbocycles. The van der Waals surface area contributed by atoms with Crippen molar-refractivity contribution in [3.05, 3.63) is 67.1 Å². The van der Waals surface area contributed by atoms with E-state index in [1.165, 1.54) is 18.4 Å². The lowest BCUT2D eigenvalue weighted by molar-refractivity contribution is 0.475. The van der Waals surface area contributed by atoms with Crippen LogP contribution in [0.1, 0.15) is 24.8 Å². The summed E-state index contributed by atoms with van der Waals surface area (Å²) in [5.41, 5.74) is 1.27. The van der Waals surface area contributed by atoms with Gasteiger partial charge in [0, 0.05) is 0 Å². The molecule has 2 aromatic rings. The molecule has 0 amide bonds. The first-order valence-corrected chi connectivity index (χ1v) is 6.50. The van der Waals surface area contributed by atoms with Crippen molar-refractivity contribution in [3.63, 3.8) is 0 Å². The van der Waals surface area contributed by atoms with Gasteiger partial charge >= 0.3 is 0 Å². The first-order valence-electron chi connectivity index (χ1n) is 6.50. The van der Waals surface area contributed by atoms with Gasteiger partial charge in [-0.15, -0.1) is 0 Å². The highest BCUT2D eigenvalue weighted by molar-refractivity contribution is 5.37. The maximum atomic E-state index is 5.92. The van der Waals surface area contributed by atoms with Gasteiger partial charge in [-0.05, 0) is 36.6 Å². The highest BCUT2D eigenvalue weighted by Gasteiger charge is 2.03. The number of rotatable bonds is 6. The van der Waals surface area contributed by atoms with E-state index in [0.29, 0.717) is 0 Å². The van der Waals surface area contributed by atoms with E-state index in [0.717, 1.165) is 24.3 Å². The summed E-state index contributed by atoms with van der Waals surface area (Å²) >= 11 is 0. The summed E-state index contributed by atoms with van der Waals surface area (Å²) < 4.78 is 5.92. The highest BCUT2D eigenvalue weighted by atomic mass is 16.5. The lowest BCUT2D eigenvalue weighted by Crippen LogP contribution is -1.92. The van der Waals surface area contributed by atoms with Crippen molar-refractivity contribution in [1.29, 1.82) is 0 Å². The Morgan fingerprint density at radius 3 is 2.33 bits per heavy atom. The van der Waals surface area contributed by atoms with Crippen LogP contribution in [0.5, 0.6) is 11.5 Å². The molecule has 18 heavy (non-hydrogen) atoms. The lowest BCUT2D eigenvalue weighted by Gasteiger charge is -2.10. The highest BCUT2D eigenvalue weighted by Crippen LogP contribution is 2.26. The first-order chi connectivity index (χ1) is 8.90. The normalized spacial score (nSPS) is 10.3. The Bertz CT molecular complexity index is 462. The molecule has 0 bridgehead atoms. The third kappa shape index (κ3) is 3.63. The van der Waals surface area contributed by atoms with Gasteiger partial charge in [0.2, 0.25) is 0 Å². The Kier molecular flexibility index (Phi) is 4.83. The summed E-state index contributed by atoms with van der Waals surface area (Å²) in [5.74, 6) is 1.86. The second-order valence-corrected chi connectivity index (χ2v) is 4.33. The molecule has 93 valence electrons. The van der Waals surface area contributed by atoms with Gasteiger partial charge in [0.25, 0.3) is 0 Å². The summed E-state index contributed by atoms with van der Waals surface area (Å²) in [7, 11) is 0. The minimum absolute atomic E-state index is 0.891. The third-order valence-corrected chi connectivity index (χ3v) is 2.89. The van der Waals surface area contributed by atoms with E-state index in [4.69, 9.17) is 4.74 Å². The Balaban J connectivity index is 2.07. The molecule has 1 heteroatoms.